The average Bonchev–Trinajstić information content (AvgIpc) is 2.70. The van der Waals surface area contributed by atoms with Gasteiger partial charge < -0.3 is 4.98 Å². The number of rotatable bonds is 3. The summed E-state index contributed by atoms with van der Waals surface area (Å²) in [5.41, 5.74) is -0.310. The van der Waals surface area contributed by atoms with Crippen molar-refractivity contribution >= 4 is 21.8 Å². The van der Waals surface area contributed by atoms with Crippen LogP contribution in [0.5, 0.6) is 0 Å². The van der Waals surface area contributed by atoms with Gasteiger partial charge in [-0.2, -0.15) is 11.8 Å². The molecule has 0 aliphatic carbocycles. The Morgan fingerprint density at radius 3 is 2.81 bits per heavy atom. The number of nitrogens with one attached hydrogen (secondary N) is 2. The fourth-order valence-corrected chi connectivity index (χ4v) is 3.97. The molecule has 1 fully saturated rings. The molecule has 88 valence electrons. The third-order valence-electron chi connectivity index (χ3n) is 2.32. The average molecular weight is 260 g/mol. The van der Waals surface area contributed by atoms with E-state index in [0.717, 1.165) is 17.9 Å². The Kier molecular flexibility index (Phi) is 3.36. The third-order valence-corrected chi connectivity index (χ3v) is 5.00. The van der Waals surface area contributed by atoms with Gasteiger partial charge in [-0.3, -0.25) is 4.79 Å². The summed E-state index contributed by atoms with van der Waals surface area (Å²) in [5, 5.41) is 0. The first-order chi connectivity index (χ1) is 7.58. The highest BCUT2D eigenvalue weighted by Gasteiger charge is 2.23. The maximum absolute atomic E-state index is 11.9. The number of pyridine rings is 1. The predicted molar refractivity (Wildman–Crippen MR) is 63.1 cm³/mol. The second-order valence-electron chi connectivity index (χ2n) is 3.57. The van der Waals surface area contributed by atoms with Crippen molar-refractivity contribution in [2.75, 3.05) is 11.5 Å². The van der Waals surface area contributed by atoms with Crippen LogP contribution >= 0.6 is 11.8 Å². The fourth-order valence-electron chi connectivity index (χ4n) is 1.48. The topological polar surface area (TPSA) is 79.0 Å². The van der Waals surface area contributed by atoms with Gasteiger partial charge in [-0.25, -0.2) is 13.1 Å². The van der Waals surface area contributed by atoms with Crippen LogP contribution in [0, 0.1) is 0 Å². The number of hydrogen-bond donors (Lipinski definition) is 2. The Balaban J connectivity index is 2.18. The van der Waals surface area contributed by atoms with E-state index < -0.39 is 10.0 Å². The van der Waals surface area contributed by atoms with E-state index in [9.17, 15) is 13.2 Å². The molecule has 0 saturated carbocycles. The Bertz CT molecular complexity index is 497. The molecule has 1 aromatic heterocycles. The molecule has 0 bridgehead atoms. The second-order valence-corrected chi connectivity index (χ2v) is 6.43. The van der Waals surface area contributed by atoms with Crippen molar-refractivity contribution < 1.29 is 8.42 Å². The molecule has 1 aliphatic heterocycles. The van der Waals surface area contributed by atoms with E-state index in [1.54, 1.807) is 11.8 Å². The molecule has 16 heavy (non-hydrogen) atoms. The molecule has 1 saturated heterocycles. The Labute approximate surface area is 97.7 Å². The van der Waals surface area contributed by atoms with Crippen molar-refractivity contribution in [3.8, 4) is 0 Å². The van der Waals surface area contributed by atoms with E-state index in [4.69, 9.17) is 0 Å². The fraction of sp³-hybridized carbons (Fsp3) is 0.444. The van der Waals surface area contributed by atoms with Gasteiger partial charge in [-0.15, -0.1) is 0 Å². The van der Waals surface area contributed by atoms with Crippen LogP contribution in [0.15, 0.2) is 28.0 Å². The molecule has 7 heteroatoms. The lowest BCUT2D eigenvalue weighted by Crippen LogP contribution is -2.34. The molecule has 1 aliphatic rings. The Morgan fingerprint density at radius 2 is 2.25 bits per heavy atom. The number of aromatic amines is 1. The molecule has 5 nitrogen and oxygen atoms in total. The van der Waals surface area contributed by atoms with Crippen LogP contribution in [0.3, 0.4) is 0 Å². The quantitative estimate of drug-likeness (QED) is 0.811. The number of H-pyrrole nitrogens is 1. The SMILES string of the molecule is O=c1ccc(S(=O)(=O)NC2CCSC2)c[nH]1. The molecule has 0 amide bonds. The summed E-state index contributed by atoms with van der Waals surface area (Å²) in [6.45, 7) is 0. The Hall–Kier alpha value is -0.790. The van der Waals surface area contributed by atoms with Gasteiger partial charge in [0.15, 0.2) is 0 Å². The molecule has 2 N–H and O–H groups in total. The first kappa shape index (κ1) is 11.7. The highest BCUT2D eigenvalue weighted by atomic mass is 32.2. The summed E-state index contributed by atoms with van der Waals surface area (Å²) >= 11 is 1.74. The lowest BCUT2D eigenvalue weighted by Gasteiger charge is -2.11. The minimum Gasteiger partial charge on any atom is -0.328 e. The number of sulfonamides is 1. The standard InChI is InChI=1S/C9H12N2O3S2/c12-9-2-1-8(5-10-9)16(13,14)11-7-3-4-15-6-7/h1-2,5,7,11H,3-4,6H2,(H,10,12). The maximum Gasteiger partial charge on any atom is 0.247 e. The number of aromatic nitrogens is 1. The highest BCUT2D eigenvalue weighted by molar-refractivity contribution is 7.99. The van der Waals surface area contributed by atoms with Gasteiger partial charge >= 0.3 is 0 Å². The van der Waals surface area contributed by atoms with Crippen LogP contribution in [0.25, 0.3) is 0 Å². The molecule has 0 radical (unpaired) electrons. The molecule has 1 aromatic rings. The van der Waals surface area contributed by atoms with Gasteiger partial charge in [0.2, 0.25) is 15.6 Å². The van der Waals surface area contributed by atoms with Crippen LogP contribution in [0.1, 0.15) is 6.42 Å². The van der Waals surface area contributed by atoms with Crippen molar-refractivity contribution in [1.29, 1.82) is 0 Å². The first-order valence-electron chi connectivity index (χ1n) is 4.87. The molecule has 1 atom stereocenters. The van der Waals surface area contributed by atoms with Crippen LogP contribution in [0.2, 0.25) is 0 Å². The van der Waals surface area contributed by atoms with E-state index in [1.807, 2.05) is 0 Å². The summed E-state index contributed by atoms with van der Waals surface area (Å²) in [6, 6.07) is 2.52. The zero-order chi connectivity index (χ0) is 11.6. The van der Waals surface area contributed by atoms with E-state index in [2.05, 4.69) is 9.71 Å². The molecule has 2 heterocycles. The van der Waals surface area contributed by atoms with Crippen LogP contribution in [0.4, 0.5) is 0 Å². The van der Waals surface area contributed by atoms with Gasteiger partial charge in [0.05, 0.1) is 4.90 Å². The lowest BCUT2D eigenvalue weighted by molar-refractivity contribution is 0.562. The van der Waals surface area contributed by atoms with Crippen LogP contribution in [-0.4, -0.2) is 30.9 Å². The van der Waals surface area contributed by atoms with Gasteiger partial charge in [0.25, 0.3) is 0 Å². The molecule has 0 spiro atoms. The zero-order valence-corrected chi connectivity index (χ0v) is 10.1. The normalized spacial score (nSPS) is 21.1. The maximum atomic E-state index is 11.9. The van der Waals surface area contributed by atoms with E-state index >= 15 is 0 Å². The van der Waals surface area contributed by atoms with Crippen molar-refractivity contribution in [3.63, 3.8) is 0 Å². The van der Waals surface area contributed by atoms with Crippen molar-refractivity contribution in [1.82, 2.24) is 9.71 Å². The zero-order valence-electron chi connectivity index (χ0n) is 8.47. The molecular weight excluding hydrogens is 248 g/mol. The monoisotopic (exact) mass is 260 g/mol. The Morgan fingerprint density at radius 1 is 1.44 bits per heavy atom. The van der Waals surface area contributed by atoms with Crippen molar-refractivity contribution in [2.24, 2.45) is 0 Å². The van der Waals surface area contributed by atoms with Crippen LogP contribution in [-0.2, 0) is 10.0 Å². The van der Waals surface area contributed by atoms with Gasteiger partial charge in [-0.05, 0) is 18.2 Å². The van der Waals surface area contributed by atoms with E-state index in [1.165, 1.54) is 18.3 Å². The van der Waals surface area contributed by atoms with E-state index in [-0.39, 0.29) is 16.5 Å². The molecule has 0 aromatic carbocycles. The largest absolute Gasteiger partial charge is 0.328 e. The first-order valence-corrected chi connectivity index (χ1v) is 7.50. The lowest BCUT2D eigenvalue weighted by atomic mass is 10.3. The predicted octanol–water partition coefficient (Wildman–Crippen LogP) is 0.159. The summed E-state index contributed by atoms with van der Waals surface area (Å²) in [6.07, 6.45) is 2.07. The highest BCUT2D eigenvalue weighted by Crippen LogP contribution is 2.19. The van der Waals surface area contributed by atoms with Gasteiger partial charge in [0.1, 0.15) is 0 Å². The van der Waals surface area contributed by atoms with E-state index in [0.29, 0.717) is 0 Å². The van der Waals surface area contributed by atoms with Crippen LogP contribution < -0.4 is 10.3 Å². The number of thioether (sulfide) groups is 1. The third kappa shape index (κ3) is 2.66. The molecular formula is C9H12N2O3S2. The van der Waals surface area contributed by atoms with Gasteiger partial charge in [-0.1, -0.05) is 0 Å². The minimum absolute atomic E-state index is 0.00179. The molecule has 2 rings (SSSR count). The summed E-state index contributed by atoms with van der Waals surface area (Å²) < 4.78 is 26.3. The summed E-state index contributed by atoms with van der Waals surface area (Å²) in [7, 11) is -3.49. The van der Waals surface area contributed by atoms with Gasteiger partial charge in [0, 0.05) is 24.1 Å². The molecule has 1 unspecified atom stereocenters. The van der Waals surface area contributed by atoms with Crippen molar-refractivity contribution in [2.45, 2.75) is 17.4 Å². The minimum atomic E-state index is -3.49. The number of hydrogen-bond acceptors (Lipinski definition) is 4. The second kappa shape index (κ2) is 4.60. The summed E-state index contributed by atoms with van der Waals surface area (Å²) in [5.74, 6) is 1.79. The van der Waals surface area contributed by atoms with Crippen molar-refractivity contribution in [3.05, 3.63) is 28.7 Å². The summed E-state index contributed by atoms with van der Waals surface area (Å²) in [4.78, 5) is 13.3. The smallest absolute Gasteiger partial charge is 0.247 e.